The standard InChI is InChI=1S/C13H24N2OS/c1-4-13(10-14,15-3)7-5-9-17-12-6-8-16-11(12)2/h11-12,15H,4-9H2,1-3H3. The van der Waals surface area contributed by atoms with Gasteiger partial charge in [-0.05, 0) is 45.4 Å². The average Bonchev–Trinajstić information content (AvgIpc) is 2.76. The minimum absolute atomic E-state index is 0.321. The van der Waals surface area contributed by atoms with E-state index in [0.717, 1.165) is 31.6 Å². The van der Waals surface area contributed by atoms with Gasteiger partial charge in [0, 0.05) is 11.9 Å². The first-order chi connectivity index (χ1) is 8.17. The van der Waals surface area contributed by atoms with Crippen LogP contribution in [0.3, 0.4) is 0 Å². The highest BCUT2D eigenvalue weighted by molar-refractivity contribution is 7.99. The molecule has 3 unspecified atom stereocenters. The van der Waals surface area contributed by atoms with E-state index < -0.39 is 0 Å². The Labute approximate surface area is 109 Å². The summed E-state index contributed by atoms with van der Waals surface area (Å²) in [7, 11) is 1.88. The summed E-state index contributed by atoms with van der Waals surface area (Å²) in [6.45, 7) is 5.13. The molecule has 0 aromatic rings. The SMILES string of the molecule is CCC(C#N)(CCCSC1CCOC1C)NC. The normalized spacial score (nSPS) is 27.6. The molecule has 17 heavy (non-hydrogen) atoms. The zero-order chi connectivity index (χ0) is 12.7. The number of nitriles is 1. The fourth-order valence-corrected chi connectivity index (χ4v) is 3.44. The minimum Gasteiger partial charge on any atom is -0.377 e. The molecule has 98 valence electrons. The predicted molar refractivity (Wildman–Crippen MR) is 73.2 cm³/mol. The molecule has 3 nitrogen and oxygen atoms in total. The molecule has 1 heterocycles. The molecule has 3 atom stereocenters. The van der Waals surface area contributed by atoms with Crippen LogP contribution in [0, 0.1) is 11.3 Å². The van der Waals surface area contributed by atoms with Gasteiger partial charge in [0.05, 0.1) is 12.2 Å². The molecule has 0 aliphatic carbocycles. The number of nitrogens with zero attached hydrogens (tertiary/aromatic N) is 1. The van der Waals surface area contributed by atoms with Gasteiger partial charge in [-0.3, -0.25) is 0 Å². The molecule has 1 aliphatic rings. The van der Waals surface area contributed by atoms with Crippen LogP contribution >= 0.6 is 11.8 Å². The number of rotatable bonds is 7. The monoisotopic (exact) mass is 256 g/mol. The van der Waals surface area contributed by atoms with Crippen molar-refractivity contribution in [2.75, 3.05) is 19.4 Å². The number of hydrogen-bond acceptors (Lipinski definition) is 4. The topological polar surface area (TPSA) is 45.0 Å². The van der Waals surface area contributed by atoms with Crippen molar-refractivity contribution in [1.29, 1.82) is 5.26 Å². The average molecular weight is 256 g/mol. The van der Waals surface area contributed by atoms with Crippen molar-refractivity contribution in [1.82, 2.24) is 5.32 Å². The number of nitrogens with one attached hydrogen (secondary N) is 1. The fourth-order valence-electron chi connectivity index (χ4n) is 2.21. The van der Waals surface area contributed by atoms with Crippen molar-refractivity contribution in [3.8, 4) is 6.07 Å². The Morgan fingerprint density at radius 2 is 2.35 bits per heavy atom. The van der Waals surface area contributed by atoms with Crippen molar-refractivity contribution in [3.63, 3.8) is 0 Å². The van der Waals surface area contributed by atoms with Gasteiger partial charge in [-0.2, -0.15) is 17.0 Å². The van der Waals surface area contributed by atoms with E-state index in [4.69, 9.17) is 4.74 Å². The number of ether oxygens (including phenoxy) is 1. The lowest BCUT2D eigenvalue weighted by atomic mass is 9.93. The van der Waals surface area contributed by atoms with Gasteiger partial charge in [-0.25, -0.2) is 0 Å². The van der Waals surface area contributed by atoms with E-state index in [0.29, 0.717) is 11.4 Å². The Morgan fingerprint density at radius 1 is 1.59 bits per heavy atom. The van der Waals surface area contributed by atoms with Gasteiger partial charge in [0.1, 0.15) is 5.54 Å². The first-order valence-electron chi connectivity index (χ1n) is 6.51. The van der Waals surface area contributed by atoms with Crippen molar-refractivity contribution >= 4 is 11.8 Å². The summed E-state index contributed by atoms with van der Waals surface area (Å²) in [5.41, 5.74) is -0.321. The third-order valence-corrected chi connectivity index (χ3v) is 5.25. The molecule has 0 spiro atoms. The molecule has 0 aromatic carbocycles. The van der Waals surface area contributed by atoms with Gasteiger partial charge in [-0.15, -0.1) is 0 Å². The van der Waals surface area contributed by atoms with Gasteiger partial charge in [0.25, 0.3) is 0 Å². The molecule has 1 fully saturated rings. The Bertz CT molecular complexity index is 261. The molecule has 4 heteroatoms. The maximum atomic E-state index is 9.19. The zero-order valence-electron chi connectivity index (χ0n) is 11.2. The zero-order valence-corrected chi connectivity index (χ0v) is 12.0. The Kier molecular flexibility index (Phi) is 6.32. The van der Waals surface area contributed by atoms with Crippen molar-refractivity contribution in [2.24, 2.45) is 0 Å². The number of hydrogen-bond donors (Lipinski definition) is 1. The molecule has 0 bridgehead atoms. The van der Waals surface area contributed by atoms with Crippen LogP contribution in [0.5, 0.6) is 0 Å². The summed E-state index contributed by atoms with van der Waals surface area (Å²) in [5, 5.41) is 13.0. The fraction of sp³-hybridized carbons (Fsp3) is 0.923. The molecular weight excluding hydrogens is 232 g/mol. The van der Waals surface area contributed by atoms with E-state index in [9.17, 15) is 5.26 Å². The van der Waals surface area contributed by atoms with Crippen molar-refractivity contribution < 1.29 is 4.74 Å². The summed E-state index contributed by atoms with van der Waals surface area (Å²) in [6.07, 6.45) is 4.47. The highest BCUT2D eigenvalue weighted by Gasteiger charge is 2.27. The van der Waals surface area contributed by atoms with Crippen LogP contribution < -0.4 is 5.32 Å². The van der Waals surface area contributed by atoms with Gasteiger partial charge < -0.3 is 10.1 Å². The highest BCUT2D eigenvalue weighted by Crippen LogP contribution is 2.28. The Balaban J connectivity index is 2.21. The lowest BCUT2D eigenvalue weighted by molar-refractivity contribution is 0.127. The van der Waals surface area contributed by atoms with Crippen LogP contribution in [0.4, 0.5) is 0 Å². The third-order valence-electron chi connectivity index (χ3n) is 3.68. The van der Waals surface area contributed by atoms with E-state index in [-0.39, 0.29) is 5.54 Å². The lowest BCUT2D eigenvalue weighted by Gasteiger charge is -2.24. The first-order valence-corrected chi connectivity index (χ1v) is 7.55. The molecule has 1 saturated heterocycles. The van der Waals surface area contributed by atoms with Gasteiger partial charge in [-0.1, -0.05) is 6.92 Å². The molecule has 0 radical (unpaired) electrons. The summed E-state index contributed by atoms with van der Waals surface area (Å²) < 4.78 is 5.54. The Hall–Kier alpha value is -0.240. The van der Waals surface area contributed by atoms with Crippen LogP contribution in [-0.2, 0) is 4.74 Å². The maximum Gasteiger partial charge on any atom is 0.106 e. The second-order valence-electron chi connectivity index (χ2n) is 4.67. The second kappa shape index (κ2) is 7.25. The summed E-state index contributed by atoms with van der Waals surface area (Å²) >= 11 is 2.00. The van der Waals surface area contributed by atoms with E-state index in [1.54, 1.807) is 0 Å². The molecule has 1 aliphatic heterocycles. The van der Waals surface area contributed by atoms with Crippen LogP contribution in [0.25, 0.3) is 0 Å². The largest absolute Gasteiger partial charge is 0.377 e. The van der Waals surface area contributed by atoms with Gasteiger partial charge in [0.15, 0.2) is 0 Å². The molecule has 0 amide bonds. The highest BCUT2D eigenvalue weighted by atomic mass is 32.2. The van der Waals surface area contributed by atoms with E-state index >= 15 is 0 Å². The van der Waals surface area contributed by atoms with Crippen molar-refractivity contribution in [3.05, 3.63) is 0 Å². The van der Waals surface area contributed by atoms with Crippen LogP contribution in [0.2, 0.25) is 0 Å². The molecule has 1 N–H and O–H groups in total. The van der Waals surface area contributed by atoms with E-state index in [1.165, 1.54) is 6.42 Å². The second-order valence-corrected chi connectivity index (χ2v) is 6.02. The number of thioether (sulfide) groups is 1. The molecule has 0 saturated carbocycles. The molecular formula is C13H24N2OS. The summed E-state index contributed by atoms with van der Waals surface area (Å²) in [5.74, 6) is 1.13. The predicted octanol–water partition coefficient (Wildman–Crippen LogP) is 2.57. The third kappa shape index (κ3) is 4.17. The molecule has 1 rings (SSSR count). The Morgan fingerprint density at radius 3 is 2.82 bits per heavy atom. The van der Waals surface area contributed by atoms with Gasteiger partial charge in [0.2, 0.25) is 0 Å². The van der Waals surface area contributed by atoms with Crippen molar-refractivity contribution in [2.45, 2.75) is 56.4 Å². The quantitative estimate of drug-likeness (QED) is 0.711. The molecule has 0 aromatic heterocycles. The smallest absolute Gasteiger partial charge is 0.106 e. The lowest BCUT2D eigenvalue weighted by Crippen LogP contribution is -2.40. The van der Waals surface area contributed by atoms with Crippen LogP contribution in [0.15, 0.2) is 0 Å². The van der Waals surface area contributed by atoms with Gasteiger partial charge >= 0.3 is 0 Å². The van der Waals surface area contributed by atoms with E-state index in [1.807, 2.05) is 18.8 Å². The van der Waals surface area contributed by atoms with Crippen LogP contribution in [0.1, 0.15) is 39.5 Å². The summed E-state index contributed by atoms with van der Waals surface area (Å²) in [4.78, 5) is 0. The maximum absolute atomic E-state index is 9.19. The minimum atomic E-state index is -0.321. The van der Waals surface area contributed by atoms with Crippen LogP contribution in [-0.4, -0.2) is 36.3 Å². The van der Waals surface area contributed by atoms with E-state index in [2.05, 4.69) is 25.2 Å². The first kappa shape index (κ1) is 14.8. The summed E-state index contributed by atoms with van der Waals surface area (Å²) in [6, 6.07) is 2.41.